The molecule has 3 amide bonds. The van der Waals surface area contributed by atoms with Gasteiger partial charge in [-0.3, -0.25) is 14.4 Å². The van der Waals surface area contributed by atoms with Crippen LogP contribution < -0.4 is 10.6 Å². The molecule has 1 fully saturated rings. The topological polar surface area (TPSA) is 78.5 Å². The Kier molecular flexibility index (Phi) is 4.35. The highest BCUT2D eigenvalue weighted by atomic mass is 19.1. The van der Waals surface area contributed by atoms with E-state index in [-0.39, 0.29) is 24.4 Å². The second-order valence-electron chi connectivity index (χ2n) is 6.71. The molecule has 1 aliphatic heterocycles. The molecule has 2 aromatic rings. The molecule has 0 saturated heterocycles. The molecule has 1 atom stereocenters. The second-order valence-corrected chi connectivity index (χ2v) is 6.71. The first-order valence-electron chi connectivity index (χ1n) is 8.79. The largest absolute Gasteiger partial charge is 0.345 e. The summed E-state index contributed by atoms with van der Waals surface area (Å²) in [5, 5.41) is 5.20. The second kappa shape index (κ2) is 6.83. The molecule has 6 nitrogen and oxygen atoms in total. The third-order valence-corrected chi connectivity index (χ3v) is 4.74. The van der Waals surface area contributed by atoms with Crippen LogP contribution in [0.1, 0.15) is 34.8 Å². The van der Waals surface area contributed by atoms with Crippen LogP contribution in [0.15, 0.2) is 48.5 Å². The summed E-state index contributed by atoms with van der Waals surface area (Å²) in [6, 6.07) is 11.8. The number of fused-ring (bicyclic) bond motifs is 1. The lowest BCUT2D eigenvalue weighted by Gasteiger charge is -2.24. The summed E-state index contributed by atoms with van der Waals surface area (Å²) in [5.74, 6) is -1.34. The normalized spacial score (nSPS) is 18.2. The number of hydrogen-bond acceptors (Lipinski definition) is 3. The predicted molar refractivity (Wildman–Crippen MR) is 96.4 cm³/mol. The first-order chi connectivity index (χ1) is 13.0. The van der Waals surface area contributed by atoms with E-state index in [1.54, 1.807) is 29.2 Å². The van der Waals surface area contributed by atoms with Crippen LogP contribution in [0.4, 0.5) is 10.1 Å². The van der Waals surface area contributed by atoms with E-state index in [4.69, 9.17) is 0 Å². The molecular formula is C20H18FN3O3. The molecule has 1 aliphatic carbocycles. The number of nitrogens with one attached hydrogen (secondary N) is 2. The van der Waals surface area contributed by atoms with E-state index in [1.807, 2.05) is 0 Å². The van der Waals surface area contributed by atoms with E-state index in [1.165, 1.54) is 24.3 Å². The summed E-state index contributed by atoms with van der Waals surface area (Å²) < 4.78 is 12.9. The molecule has 27 heavy (non-hydrogen) atoms. The van der Waals surface area contributed by atoms with Crippen molar-refractivity contribution in [1.29, 1.82) is 0 Å². The van der Waals surface area contributed by atoms with Crippen LogP contribution in [0.2, 0.25) is 0 Å². The summed E-state index contributed by atoms with van der Waals surface area (Å²) >= 11 is 0. The van der Waals surface area contributed by atoms with Gasteiger partial charge >= 0.3 is 0 Å². The molecule has 2 aliphatic rings. The fourth-order valence-electron chi connectivity index (χ4n) is 3.34. The Bertz CT molecular complexity index is 909. The molecule has 1 saturated carbocycles. The number of anilines is 1. The van der Waals surface area contributed by atoms with Crippen molar-refractivity contribution in [2.75, 3.05) is 11.9 Å². The first-order valence-corrected chi connectivity index (χ1v) is 8.79. The van der Waals surface area contributed by atoms with Crippen molar-refractivity contribution in [2.45, 2.75) is 24.9 Å². The lowest BCUT2D eigenvalue weighted by Crippen LogP contribution is -2.42. The van der Waals surface area contributed by atoms with Crippen LogP contribution in [0.5, 0.6) is 0 Å². The zero-order valence-electron chi connectivity index (χ0n) is 14.4. The van der Waals surface area contributed by atoms with Gasteiger partial charge in [0.2, 0.25) is 11.8 Å². The lowest BCUT2D eigenvalue weighted by molar-refractivity contribution is -0.127. The molecule has 0 bridgehead atoms. The zero-order valence-corrected chi connectivity index (χ0v) is 14.4. The molecular weight excluding hydrogens is 349 g/mol. The summed E-state index contributed by atoms with van der Waals surface area (Å²) in [6.45, 7) is -0.235. The molecule has 0 spiro atoms. The van der Waals surface area contributed by atoms with E-state index in [9.17, 15) is 18.8 Å². The van der Waals surface area contributed by atoms with Crippen molar-refractivity contribution < 1.29 is 18.8 Å². The smallest absolute Gasteiger partial charge is 0.255 e. The molecule has 2 N–H and O–H groups in total. The Morgan fingerprint density at radius 3 is 2.48 bits per heavy atom. The van der Waals surface area contributed by atoms with E-state index in [2.05, 4.69) is 10.6 Å². The molecule has 4 rings (SSSR count). The van der Waals surface area contributed by atoms with Gasteiger partial charge in [-0.25, -0.2) is 4.39 Å². The molecule has 1 heterocycles. The van der Waals surface area contributed by atoms with Gasteiger partial charge in [0.05, 0.1) is 6.54 Å². The van der Waals surface area contributed by atoms with Gasteiger partial charge in [0.25, 0.3) is 5.91 Å². The molecule has 0 radical (unpaired) electrons. The Morgan fingerprint density at radius 2 is 1.78 bits per heavy atom. The number of amides is 3. The highest BCUT2D eigenvalue weighted by molar-refractivity contribution is 6.05. The van der Waals surface area contributed by atoms with Crippen molar-refractivity contribution in [2.24, 2.45) is 0 Å². The Hall–Kier alpha value is -3.22. The predicted octanol–water partition coefficient (Wildman–Crippen LogP) is 2.24. The number of benzene rings is 2. The van der Waals surface area contributed by atoms with Crippen LogP contribution >= 0.6 is 0 Å². The van der Waals surface area contributed by atoms with Crippen molar-refractivity contribution in [3.63, 3.8) is 0 Å². The SMILES string of the molecule is O=C(CNC(=O)C1c2ccccc2C(=O)N1C1CC1)Nc1ccc(F)cc1. The number of hydrogen-bond donors (Lipinski definition) is 2. The standard InChI is InChI=1S/C20H18FN3O3/c21-12-5-7-13(8-6-12)23-17(25)11-22-19(26)18-15-3-1-2-4-16(15)20(27)24(18)14-9-10-14/h1-8,14,18H,9-11H2,(H,22,26)(H,23,25). The van der Waals surface area contributed by atoms with Gasteiger partial charge in [-0.05, 0) is 48.7 Å². The highest BCUT2D eigenvalue weighted by Crippen LogP contribution is 2.41. The van der Waals surface area contributed by atoms with Gasteiger partial charge in [0.15, 0.2) is 0 Å². The van der Waals surface area contributed by atoms with Crippen LogP contribution in [0.25, 0.3) is 0 Å². The highest BCUT2D eigenvalue weighted by Gasteiger charge is 2.47. The summed E-state index contributed by atoms with van der Waals surface area (Å²) in [6.07, 6.45) is 1.77. The molecule has 138 valence electrons. The van der Waals surface area contributed by atoms with E-state index >= 15 is 0 Å². The van der Waals surface area contributed by atoms with Gasteiger partial charge in [-0.1, -0.05) is 18.2 Å². The lowest BCUT2D eigenvalue weighted by atomic mass is 10.0. The quantitative estimate of drug-likeness (QED) is 0.851. The Labute approximate surface area is 155 Å². The minimum Gasteiger partial charge on any atom is -0.345 e. The fraction of sp³-hybridized carbons (Fsp3) is 0.250. The fourth-order valence-corrected chi connectivity index (χ4v) is 3.34. The van der Waals surface area contributed by atoms with Crippen molar-refractivity contribution >= 4 is 23.4 Å². The average molecular weight is 367 g/mol. The third-order valence-electron chi connectivity index (χ3n) is 4.74. The number of rotatable bonds is 5. The van der Waals surface area contributed by atoms with E-state index < -0.39 is 17.8 Å². The van der Waals surface area contributed by atoms with Gasteiger partial charge in [0, 0.05) is 17.3 Å². The Balaban J connectivity index is 1.43. The average Bonchev–Trinajstić information content (AvgIpc) is 3.46. The van der Waals surface area contributed by atoms with Gasteiger partial charge in [0.1, 0.15) is 11.9 Å². The van der Waals surface area contributed by atoms with Crippen LogP contribution in [-0.4, -0.2) is 35.2 Å². The maximum atomic E-state index is 12.9. The number of halogens is 1. The maximum Gasteiger partial charge on any atom is 0.255 e. The molecule has 2 aromatic carbocycles. The number of nitrogens with zero attached hydrogens (tertiary/aromatic N) is 1. The van der Waals surface area contributed by atoms with Crippen molar-refractivity contribution in [3.05, 3.63) is 65.5 Å². The summed E-state index contributed by atoms with van der Waals surface area (Å²) in [5.41, 5.74) is 1.66. The molecule has 0 aromatic heterocycles. The summed E-state index contributed by atoms with van der Waals surface area (Å²) in [7, 11) is 0. The van der Waals surface area contributed by atoms with E-state index in [0.29, 0.717) is 16.8 Å². The van der Waals surface area contributed by atoms with Crippen LogP contribution in [0, 0.1) is 5.82 Å². The van der Waals surface area contributed by atoms with Crippen molar-refractivity contribution in [1.82, 2.24) is 10.2 Å². The van der Waals surface area contributed by atoms with E-state index in [0.717, 1.165) is 12.8 Å². The third kappa shape index (κ3) is 3.40. The van der Waals surface area contributed by atoms with Crippen LogP contribution in [0.3, 0.4) is 0 Å². The van der Waals surface area contributed by atoms with Gasteiger partial charge in [-0.15, -0.1) is 0 Å². The monoisotopic (exact) mass is 367 g/mol. The summed E-state index contributed by atoms with van der Waals surface area (Å²) in [4.78, 5) is 39.1. The molecule has 1 unspecified atom stereocenters. The number of carbonyl (C=O) groups excluding carboxylic acids is 3. The van der Waals surface area contributed by atoms with Crippen LogP contribution in [-0.2, 0) is 9.59 Å². The Morgan fingerprint density at radius 1 is 1.07 bits per heavy atom. The minimum atomic E-state index is -0.708. The first kappa shape index (κ1) is 17.2. The number of carbonyl (C=O) groups is 3. The van der Waals surface area contributed by atoms with Crippen molar-refractivity contribution in [3.8, 4) is 0 Å². The van der Waals surface area contributed by atoms with Gasteiger partial charge in [-0.2, -0.15) is 0 Å². The maximum absolute atomic E-state index is 12.9. The molecule has 7 heteroatoms. The minimum absolute atomic E-state index is 0.0775. The zero-order chi connectivity index (χ0) is 19.0. The van der Waals surface area contributed by atoms with Gasteiger partial charge < -0.3 is 15.5 Å².